The van der Waals surface area contributed by atoms with Gasteiger partial charge in [-0.15, -0.1) is 5.06 Å². The third kappa shape index (κ3) is 6.47. The largest absolute Gasteiger partial charge is 0.429 e. The summed E-state index contributed by atoms with van der Waals surface area (Å²) >= 11 is 0. The number of amides is 1. The highest BCUT2D eigenvalue weighted by Gasteiger charge is 2.38. The Hall–Kier alpha value is -2.86. The third-order valence-corrected chi connectivity index (χ3v) is 6.16. The van der Waals surface area contributed by atoms with Crippen molar-refractivity contribution in [2.45, 2.75) is 44.7 Å². The summed E-state index contributed by atoms with van der Waals surface area (Å²) in [6.07, 6.45) is -10.4. The predicted molar refractivity (Wildman–Crippen MR) is 117 cm³/mol. The third-order valence-electron chi connectivity index (χ3n) is 6.16. The zero-order chi connectivity index (χ0) is 26.8. The lowest BCUT2D eigenvalue weighted by Crippen LogP contribution is -2.40. The quantitative estimate of drug-likeness (QED) is 0.483. The molecular formula is C24H26F7N3O2. The molecule has 1 amide bonds. The normalized spacial score (nSPS) is 18.4. The minimum Gasteiger partial charge on any atom is -0.350 e. The number of nitrogens with one attached hydrogen (secondary N) is 1. The SMILES string of the molecule is Cc1cc(F)ccc1[C@H]1CNCCCN1OC(=O)N(C)[C@H](C)c1cc(C(F)(F)F)cc(C(F)(F)F)c1. The Balaban J connectivity index is 1.86. The van der Waals surface area contributed by atoms with Crippen LogP contribution >= 0.6 is 0 Å². The molecule has 1 aliphatic rings. The van der Waals surface area contributed by atoms with E-state index in [9.17, 15) is 35.5 Å². The van der Waals surface area contributed by atoms with Gasteiger partial charge in [0.25, 0.3) is 0 Å². The second-order valence-electron chi connectivity index (χ2n) is 8.70. The lowest BCUT2D eigenvalue weighted by molar-refractivity contribution is -0.143. The molecule has 1 N–H and O–H groups in total. The van der Waals surface area contributed by atoms with Crippen LogP contribution in [0.15, 0.2) is 36.4 Å². The number of benzene rings is 2. The van der Waals surface area contributed by atoms with E-state index in [0.717, 1.165) is 4.90 Å². The van der Waals surface area contributed by atoms with Gasteiger partial charge in [0, 0.05) is 20.1 Å². The molecule has 2 aromatic carbocycles. The van der Waals surface area contributed by atoms with E-state index in [4.69, 9.17) is 4.84 Å². The molecule has 0 radical (unpaired) electrons. The zero-order valence-electron chi connectivity index (χ0n) is 19.8. The number of carbonyl (C=O) groups excluding carboxylic acids is 1. The maximum Gasteiger partial charge on any atom is 0.429 e. The number of alkyl halides is 6. The van der Waals surface area contributed by atoms with Crippen LogP contribution in [0.4, 0.5) is 35.5 Å². The number of aryl methyl sites for hydroxylation is 1. The predicted octanol–water partition coefficient (Wildman–Crippen LogP) is 6.25. The molecule has 0 aromatic heterocycles. The van der Waals surface area contributed by atoms with Crippen LogP contribution in [0.5, 0.6) is 0 Å². The standard InChI is InChI=1S/C24H26F7N3O2/c1-14-9-19(25)5-6-20(14)21-13-32-7-4-8-34(21)36-22(35)33(3)15(2)16-10-17(23(26,27)28)12-18(11-16)24(29,30)31/h5-6,9-12,15,21,32H,4,7-8,13H2,1-3H3/t15-,21-/m1/s1. The summed E-state index contributed by atoms with van der Waals surface area (Å²) in [7, 11) is 1.23. The van der Waals surface area contributed by atoms with Crippen molar-refractivity contribution in [3.05, 3.63) is 70.0 Å². The summed E-state index contributed by atoms with van der Waals surface area (Å²) in [5.74, 6) is -0.422. The Bertz CT molecular complexity index is 1060. The lowest BCUT2D eigenvalue weighted by atomic mass is 10.00. The Morgan fingerprint density at radius 1 is 1.08 bits per heavy atom. The highest BCUT2D eigenvalue weighted by molar-refractivity contribution is 5.67. The van der Waals surface area contributed by atoms with Crippen molar-refractivity contribution in [3.63, 3.8) is 0 Å². The van der Waals surface area contributed by atoms with Crippen LogP contribution in [0.1, 0.15) is 53.2 Å². The average molecular weight is 521 g/mol. The smallest absolute Gasteiger partial charge is 0.350 e. The van der Waals surface area contributed by atoms with E-state index in [0.29, 0.717) is 49.3 Å². The van der Waals surface area contributed by atoms with Gasteiger partial charge < -0.3 is 15.1 Å². The van der Waals surface area contributed by atoms with Crippen LogP contribution < -0.4 is 5.32 Å². The van der Waals surface area contributed by atoms with Crippen LogP contribution in [-0.2, 0) is 17.2 Å². The molecule has 1 fully saturated rings. The first-order chi connectivity index (χ1) is 16.7. The molecule has 1 aliphatic heterocycles. The van der Waals surface area contributed by atoms with Gasteiger partial charge in [-0.1, -0.05) is 6.07 Å². The Morgan fingerprint density at radius 3 is 2.25 bits per heavy atom. The topological polar surface area (TPSA) is 44.8 Å². The van der Waals surface area contributed by atoms with Crippen molar-refractivity contribution in [1.82, 2.24) is 15.3 Å². The van der Waals surface area contributed by atoms with Crippen LogP contribution in [0.2, 0.25) is 0 Å². The summed E-state index contributed by atoms with van der Waals surface area (Å²) in [6.45, 7) is 4.33. The molecule has 198 valence electrons. The fraction of sp³-hybridized carbons (Fsp3) is 0.458. The van der Waals surface area contributed by atoms with E-state index in [1.54, 1.807) is 13.0 Å². The minimum absolute atomic E-state index is 0.0361. The summed E-state index contributed by atoms with van der Waals surface area (Å²) in [5.41, 5.74) is -1.94. The van der Waals surface area contributed by atoms with Crippen molar-refractivity contribution < 1.29 is 40.4 Å². The highest BCUT2D eigenvalue weighted by atomic mass is 19.4. The highest BCUT2D eigenvalue weighted by Crippen LogP contribution is 2.38. The van der Waals surface area contributed by atoms with Crippen LogP contribution in [0.25, 0.3) is 0 Å². The second kappa shape index (κ2) is 10.6. The Labute approximate surface area is 203 Å². The van der Waals surface area contributed by atoms with Gasteiger partial charge >= 0.3 is 18.4 Å². The molecule has 36 heavy (non-hydrogen) atoms. The summed E-state index contributed by atoms with van der Waals surface area (Å²) in [5, 5.41) is 4.61. The van der Waals surface area contributed by atoms with Gasteiger partial charge in [-0.25, -0.2) is 9.18 Å². The first-order valence-corrected chi connectivity index (χ1v) is 11.2. The molecule has 1 heterocycles. The molecule has 0 saturated carbocycles. The molecule has 1 saturated heterocycles. The molecule has 0 unspecified atom stereocenters. The number of rotatable bonds is 4. The molecule has 0 spiro atoms. The molecule has 0 bridgehead atoms. The van der Waals surface area contributed by atoms with Gasteiger partial charge in [0.1, 0.15) is 5.82 Å². The fourth-order valence-electron chi connectivity index (χ4n) is 4.01. The van der Waals surface area contributed by atoms with Gasteiger partial charge in [-0.05, 0) is 73.8 Å². The summed E-state index contributed by atoms with van der Waals surface area (Å²) < 4.78 is 93.2. The zero-order valence-corrected chi connectivity index (χ0v) is 19.8. The molecular weight excluding hydrogens is 495 g/mol. The van der Waals surface area contributed by atoms with Crippen LogP contribution in [-0.4, -0.2) is 42.7 Å². The molecule has 2 atom stereocenters. The molecule has 2 aromatic rings. The monoisotopic (exact) mass is 521 g/mol. The number of nitrogens with zero attached hydrogens (tertiary/aromatic N) is 2. The number of hydrogen-bond acceptors (Lipinski definition) is 4. The lowest BCUT2D eigenvalue weighted by Gasteiger charge is -2.32. The summed E-state index contributed by atoms with van der Waals surface area (Å²) in [6, 6.07) is 3.77. The van der Waals surface area contributed by atoms with Crippen molar-refractivity contribution in [2.75, 3.05) is 26.7 Å². The molecule has 3 rings (SSSR count). The van der Waals surface area contributed by atoms with E-state index in [1.165, 1.54) is 31.2 Å². The van der Waals surface area contributed by atoms with E-state index in [1.807, 2.05) is 0 Å². The first-order valence-electron chi connectivity index (χ1n) is 11.2. The number of hydrogen-bond donors (Lipinski definition) is 1. The number of halogens is 7. The Morgan fingerprint density at radius 2 is 1.69 bits per heavy atom. The van der Waals surface area contributed by atoms with E-state index < -0.39 is 47.5 Å². The first kappa shape index (κ1) is 27.7. The number of carbonyl (C=O) groups is 1. The van der Waals surface area contributed by atoms with E-state index in [2.05, 4.69) is 5.32 Å². The van der Waals surface area contributed by atoms with Gasteiger partial charge in [0.05, 0.1) is 23.2 Å². The fourth-order valence-corrected chi connectivity index (χ4v) is 4.01. The minimum atomic E-state index is -5.01. The summed E-state index contributed by atoms with van der Waals surface area (Å²) in [4.78, 5) is 19.5. The number of hydroxylamine groups is 2. The van der Waals surface area contributed by atoms with Crippen molar-refractivity contribution in [2.24, 2.45) is 0 Å². The molecule has 12 heteroatoms. The maximum absolute atomic E-state index is 13.6. The second-order valence-corrected chi connectivity index (χ2v) is 8.70. The van der Waals surface area contributed by atoms with Crippen molar-refractivity contribution >= 4 is 6.09 Å². The van der Waals surface area contributed by atoms with Crippen LogP contribution in [0, 0.1) is 12.7 Å². The van der Waals surface area contributed by atoms with Gasteiger partial charge in [0.15, 0.2) is 0 Å². The van der Waals surface area contributed by atoms with Gasteiger partial charge in [0.2, 0.25) is 0 Å². The van der Waals surface area contributed by atoms with Crippen molar-refractivity contribution in [3.8, 4) is 0 Å². The van der Waals surface area contributed by atoms with Crippen molar-refractivity contribution in [1.29, 1.82) is 0 Å². The van der Waals surface area contributed by atoms with E-state index >= 15 is 0 Å². The van der Waals surface area contributed by atoms with Crippen LogP contribution in [0.3, 0.4) is 0 Å². The molecule has 0 aliphatic carbocycles. The molecule has 5 nitrogen and oxygen atoms in total. The maximum atomic E-state index is 13.6. The Kier molecular flexibility index (Phi) is 8.19. The van der Waals surface area contributed by atoms with Gasteiger partial charge in [-0.3, -0.25) is 0 Å². The van der Waals surface area contributed by atoms with E-state index in [-0.39, 0.29) is 11.6 Å². The average Bonchev–Trinajstić information content (AvgIpc) is 3.02. The van der Waals surface area contributed by atoms with Gasteiger partial charge in [-0.2, -0.15) is 26.3 Å².